The van der Waals surface area contributed by atoms with E-state index < -0.39 is 0 Å². The number of nitrogens with zero attached hydrogens (tertiary/aromatic N) is 1. The van der Waals surface area contributed by atoms with E-state index in [1.54, 1.807) is 30.5 Å². The van der Waals surface area contributed by atoms with Gasteiger partial charge in [-0.05, 0) is 48.7 Å². The summed E-state index contributed by atoms with van der Waals surface area (Å²) in [7, 11) is 0. The zero-order chi connectivity index (χ0) is 20.9. The van der Waals surface area contributed by atoms with Crippen LogP contribution >= 0.6 is 0 Å². The molecule has 4 rings (SSSR count). The summed E-state index contributed by atoms with van der Waals surface area (Å²) in [6.45, 7) is 0.551. The van der Waals surface area contributed by atoms with Gasteiger partial charge in [-0.3, -0.25) is 9.59 Å². The first-order chi connectivity index (χ1) is 14.6. The predicted octanol–water partition coefficient (Wildman–Crippen LogP) is 4.05. The van der Waals surface area contributed by atoms with Gasteiger partial charge in [0.25, 0.3) is 5.91 Å². The third-order valence-corrected chi connectivity index (χ3v) is 5.17. The van der Waals surface area contributed by atoms with Gasteiger partial charge in [0.2, 0.25) is 0 Å². The number of para-hydroxylation sites is 2. The number of benzene rings is 2. The van der Waals surface area contributed by atoms with Crippen molar-refractivity contribution in [2.45, 2.75) is 25.8 Å². The van der Waals surface area contributed by atoms with Crippen LogP contribution in [0, 0.1) is 5.92 Å². The number of carbonyl (C=O) groups excluding carboxylic acids is 2. The van der Waals surface area contributed by atoms with E-state index in [1.165, 1.54) is 0 Å². The van der Waals surface area contributed by atoms with Gasteiger partial charge in [-0.2, -0.15) is 0 Å². The molecule has 6 heteroatoms. The van der Waals surface area contributed by atoms with Gasteiger partial charge in [-0.25, -0.2) is 4.98 Å². The van der Waals surface area contributed by atoms with E-state index in [0.29, 0.717) is 35.7 Å². The molecule has 30 heavy (non-hydrogen) atoms. The molecule has 0 bridgehead atoms. The van der Waals surface area contributed by atoms with Crippen LogP contribution in [0.3, 0.4) is 0 Å². The molecule has 1 aliphatic carbocycles. The summed E-state index contributed by atoms with van der Waals surface area (Å²) in [6.07, 6.45) is 4.16. The number of hydrogen-bond donors (Lipinski definition) is 3. The number of nitrogen functional groups attached to an aromatic ring is 1. The number of aromatic nitrogens is 1. The van der Waals surface area contributed by atoms with Gasteiger partial charge in [-0.15, -0.1) is 0 Å². The molecule has 1 heterocycles. The van der Waals surface area contributed by atoms with Crippen LogP contribution < -0.4 is 16.4 Å². The molecule has 0 atom stereocenters. The van der Waals surface area contributed by atoms with Crippen molar-refractivity contribution in [1.29, 1.82) is 0 Å². The van der Waals surface area contributed by atoms with Crippen LogP contribution in [0.1, 0.15) is 34.3 Å². The average Bonchev–Trinajstić information content (AvgIpc) is 3.61. The number of amides is 1. The number of carbonyl (C=O) groups is 2. The van der Waals surface area contributed by atoms with E-state index in [-0.39, 0.29) is 11.8 Å². The molecule has 1 aliphatic rings. The topological polar surface area (TPSA) is 97.1 Å². The molecular formula is C24H24N4O2. The molecule has 2 aromatic carbocycles. The Labute approximate surface area is 175 Å². The van der Waals surface area contributed by atoms with Crippen molar-refractivity contribution in [3.05, 3.63) is 83.6 Å². The maximum absolute atomic E-state index is 12.4. The number of anilines is 3. The molecule has 0 unspecified atom stereocenters. The van der Waals surface area contributed by atoms with Crippen LogP contribution in [-0.4, -0.2) is 16.7 Å². The highest BCUT2D eigenvalue weighted by atomic mass is 16.1. The van der Waals surface area contributed by atoms with Crippen LogP contribution in [0.2, 0.25) is 0 Å². The molecule has 0 radical (unpaired) electrons. The summed E-state index contributed by atoms with van der Waals surface area (Å²) in [4.78, 5) is 29.0. The minimum Gasteiger partial charge on any atom is -0.397 e. The molecule has 1 amide bonds. The molecule has 0 saturated heterocycles. The van der Waals surface area contributed by atoms with Crippen molar-refractivity contribution in [3.8, 4) is 0 Å². The number of rotatable bonds is 8. The molecule has 0 aliphatic heterocycles. The van der Waals surface area contributed by atoms with Crippen molar-refractivity contribution in [2.24, 2.45) is 5.92 Å². The zero-order valence-electron chi connectivity index (χ0n) is 16.6. The highest BCUT2D eigenvalue weighted by molar-refractivity contribution is 6.05. The summed E-state index contributed by atoms with van der Waals surface area (Å²) in [5.41, 5.74) is 9.48. The number of nitrogens with two attached hydrogens (primary N) is 1. The Morgan fingerprint density at radius 3 is 2.50 bits per heavy atom. The third kappa shape index (κ3) is 4.84. The Bertz CT molecular complexity index is 1060. The summed E-state index contributed by atoms with van der Waals surface area (Å²) < 4.78 is 0. The summed E-state index contributed by atoms with van der Waals surface area (Å²) in [5.74, 6) is 1.05. The number of hydrogen-bond acceptors (Lipinski definition) is 5. The Morgan fingerprint density at radius 1 is 1.00 bits per heavy atom. The normalized spacial score (nSPS) is 12.9. The van der Waals surface area contributed by atoms with Crippen LogP contribution in [-0.2, 0) is 17.8 Å². The summed E-state index contributed by atoms with van der Waals surface area (Å²) >= 11 is 0. The molecular weight excluding hydrogens is 376 g/mol. The standard InChI is InChI=1S/C24H24N4O2/c25-20-5-1-2-6-21(20)28-24(30)18-9-7-16(8-10-18)15-27-23-19(4-3-13-26-23)14-22(29)17-11-12-17/h1-10,13,17H,11-12,14-15,25H2,(H,26,27)(H,28,30). The maximum atomic E-state index is 12.4. The number of nitrogens with one attached hydrogen (secondary N) is 2. The second-order valence-electron chi connectivity index (χ2n) is 7.52. The minimum absolute atomic E-state index is 0.210. The molecule has 152 valence electrons. The molecule has 1 saturated carbocycles. The van der Waals surface area contributed by atoms with E-state index >= 15 is 0 Å². The fourth-order valence-corrected chi connectivity index (χ4v) is 3.24. The van der Waals surface area contributed by atoms with Crippen LogP contribution in [0.5, 0.6) is 0 Å². The smallest absolute Gasteiger partial charge is 0.255 e. The zero-order valence-corrected chi connectivity index (χ0v) is 16.6. The number of Topliss-reactive ketones (excluding diaryl/α,β-unsaturated/α-hetero) is 1. The first-order valence-corrected chi connectivity index (χ1v) is 10.1. The first-order valence-electron chi connectivity index (χ1n) is 10.1. The lowest BCUT2D eigenvalue weighted by atomic mass is 10.1. The fourth-order valence-electron chi connectivity index (χ4n) is 3.24. The number of pyridine rings is 1. The monoisotopic (exact) mass is 400 g/mol. The van der Waals surface area contributed by atoms with Gasteiger partial charge >= 0.3 is 0 Å². The van der Waals surface area contributed by atoms with Crippen LogP contribution in [0.15, 0.2) is 66.9 Å². The largest absolute Gasteiger partial charge is 0.397 e. The highest BCUT2D eigenvalue weighted by Crippen LogP contribution is 2.31. The molecule has 0 spiro atoms. The lowest BCUT2D eigenvalue weighted by molar-refractivity contribution is -0.119. The van der Waals surface area contributed by atoms with E-state index in [4.69, 9.17) is 5.73 Å². The molecule has 4 N–H and O–H groups in total. The SMILES string of the molecule is Nc1ccccc1NC(=O)c1ccc(CNc2ncccc2CC(=O)C2CC2)cc1. The first kappa shape index (κ1) is 19.6. The van der Waals surface area contributed by atoms with Crippen molar-refractivity contribution in [3.63, 3.8) is 0 Å². The molecule has 3 aromatic rings. The Hall–Kier alpha value is -3.67. The second-order valence-corrected chi connectivity index (χ2v) is 7.52. The number of ketones is 1. The van der Waals surface area contributed by atoms with E-state index in [1.807, 2.05) is 36.4 Å². The van der Waals surface area contributed by atoms with E-state index in [0.717, 1.165) is 29.8 Å². The average molecular weight is 400 g/mol. The van der Waals surface area contributed by atoms with E-state index in [2.05, 4.69) is 15.6 Å². The van der Waals surface area contributed by atoms with Gasteiger partial charge < -0.3 is 16.4 Å². The highest BCUT2D eigenvalue weighted by Gasteiger charge is 2.29. The summed E-state index contributed by atoms with van der Waals surface area (Å²) in [6, 6.07) is 18.3. The third-order valence-electron chi connectivity index (χ3n) is 5.17. The Balaban J connectivity index is 1.37. The molecule has 1 aromatic heterocycles. The fraction of sp³-hybridized carbons (Fsp3) is 0.208. The van der Waals surface area contributed by atoms with Gasteiger partial charge in [0.15, 0.2) is 0 Å². The van der Waals surface area contributed by atoms with Gasteiger partial charge in [0.05, 0.1) is 11.4 Å². The lowest BCUT2D eigenvalue weighted by Crippen LogP contribution is -2.13. The van der Waals surface area contributed by atoms with Crippen molar-refractivity contribution in [1.82, 2.24) is 4.98 Å². The lowest BCUT2D eigenvalue weighted by Gasteiger charge is -2.11. The Morgan fingerprint density at radius 2 is 1.77 bits per heavy atom. The van der Waals surface area contributed by atoms with Crippen LogP contribution in [0.4, 0.5) is 17.2 Å². The van der Waals surface area contributed by atoms with Crippen molar-refractivity contribution in [2.75, 3.05) is 16.4 Å². The minimum atomic E-state index is -0.210. The van der Waals surface area contributed by atoms with Gasteiger partial charge in [0.1, 0.15) is 11.6 Å². The van der Waals surface area contributed by atoms with Crippen molar-refractivity contribution >= 4 is 28.9 Å². The van der Waals surface area contributed by atoms with Crippen molar-refractivity contribution < 1.29 is 9.59 Å². The molecule has 1 fully saturated rings. The quantitative estimate of drug-likeness (QED) is 0.496. The molecule has 6 nitrogen and oxygen atoms in total. The summed E-state index contributed by atoms with van der Waals surface area (Å²) in [5, 5.41) is 6.13. The van der Waals surface area contributed by atoms with Gasteiger partial charge in [0, 0.05) is 36.2 Å². The Kier molecular flexibility index (Phi) is 5.75. The predicted molar refractivity (Wildman–Crippen MR) is 118 cm³/mol. The maximum Gasteiger partial charge on any atom is 0.255 e. The van der Waals surface area contributed by atoms with Crippen LogP contribution in [0.25, 0.3) is 0 Å². The second kappa shape index (κ2) is 8.78. The van der Waals surface area contributed by atoms with E-state index in [9.17, 15) is 9.59 Å². The van der Waals surface area contributed by atoms with Gasteiger partial charge in [-0.1, -0.05) is 30.3 Å².